The first-order chi connectivity index (χ1) is 17.0. The highest BCUT2D eigenvalue weighted by Gasteiger charge is 2.29. The molecule has 0 radical (unpaired) electrons. The largest absolute Gasteiger partial charge is 0.497 e. The van der Waals surface area contributed by atoms with E-state index in [0.717, 1.165) is 5.52 Å². The Morgan fingerprint density at radius 2 is 1.89 bits per heavy atom. The number of methoxy groups -OCH3 is 1. The topological polar surface area (TPSA) is 78.6 Å². The standard InChI is InChI=1S/C26H23ClN4O4/c1-3-25(32)29-11-9-19(16-29)31-23-8-10-28-15-24(23)30(26(31)33)18-4-6-20(7-5-18)35-22-13-17(27)12-21(14-22)34-2/h3-8,10,12-15,19H,1,9,11,16H2,2H3. The predicted octanol–water partition coefficient (Wildman–Crippen LogP) is 4.60. The quantitative estimate of drug-likeness (QED) is 0.369. The number of pyridine rings is 1. The highest BCUT2D eigenvalue weighted by atomic mass is 35.5. The SMILES string of the molecule is C=CC(=O)N1CCC(n2c(=O)n(-c3ccc(Oc4cc(Cl)cc(OC)c4)cc3)c3cnccc32)C1. The lowest BCUT2D eigenvalue weighted by atomic mass is 10.2. The Bertz CT molecular complexity index is 1480. The molecule has 178 valence electrons. The Hall–Kier alpha value is -4.04. The number of hydrogen-bond donors (Lipinski definition) is 0. The second-order valence-corrected chi connectivity index (χ2v) is 8.64. The lowest BCUT2D eigenvalue weighted by Crippen LogP contribution is -2.31. The van der Waals surface area contributed by atoms with Gasteiger partial charge in [0.15, 0.2) is 0 Å². The van der Waals surface area contributed by atoms with E-state index in [1.54, 1.807) is 63.9 Å². The summed E-state index contributed by atoms with van der Waals surface area (Å²) in [6.45, 7) is 4.61. The maximum Gasteiger partial charge on any atom is 0.334 e. The molecule has 1 unspecified atom stereocenters. The second kappa shape index (κ2) is 9.31. The summed E-state index contributed by atoms with van der Waals surface area (Å²) in [6, 6.07) is 14.0. The first kappa shape index (κ1) is 22.7. The van der Waals surface area contributed by atoms with Crippen LogP contribution in [0.2, 0.25) is 5.02 Å². The third-order valence-electron chi connectivity index (χ3n) is 6.10. The predicted molar refractivity (Wildman–Crippen MR) is 134 cm³/mol. The number of halogens is 1. The third-order valence-corrected chi connectivity index (χ3v) is 6.32. The normalized spacial score (nSPS) is 15.4. The van der Waals surface area contributed by atoms with Crippen molar-refractivity contribution in [1.29, 1.82) is 0 Å². The number of hydrogen-bond acceptors (Lipinski definition) is 5. The van der Waals surface area contributed by atoms with Crippen molar-refractivity contribution >= 4 is 28.5 Å². The van der Waals surface area contributed by atoms with E-state index in [1.807, 2.05) is 18.2 Å². The average molecular weight is 491 g/mol. The van der Waals surface area contributed by atoms with Gasteiger partial charge in [0, 0.05) is 30.4 Å². The molecule has 5 rings (SSSR count). The number of fused-ring (bicyclic) bond motifs is 1. The molecule has 1 fully saturated rings. The molecule has 1 aliphatic rings. The number of nitrogens with zero attached hydrogens (tertiary/aromatic N) is 4. The van der Waals surface area contributed by atoms with Crippen molar-refractivity contribution in [3.05, 3.63) is 89.1 Å². The van der Waals surface area contributed by atoms with E-state index >= 15 is 0 Å². The van der Waals surface area contributed by atoms with Gasteiger partial charge in [0.25, 0.3) is 0 Å². The molecule has 0 N–H and O–H groups in total. The van der Waals surface area contributed by atoms with Gasteiger partial charge >= 0.3 is 5.69 Å². The van der Waals surface area contributed by atoms with Gasteiger partial charge in [-0.15, -0.1) is 0 Å². The van der Waals surface area contributed by atoms with Gasteiger partial charge in [-0.3, -0.25) is 18.9 Å². The maximum absolute atomic E-state index is 13.6. The monoisotopic (exact) mass is 490 g/mol. The van der Waals surface area contributed by atoms with E-state index < -0.39 is 0 Å². The maximum atomic E-state index is 13.6. The van der Waals surface area contributed by atoms with E-state index in [9.17, 15) is 9.59 Å². The molecule has 1 atom stereocenters. The van der Waals surface area contributed by atoms with E-state index in [-0.39, 0.29) is 17.6 Å². The fourth-order valence-corrected chi connectivity index (χ4v) is 4.68. The summed E-state index contributed by atoms with van der Waals surface area (Å²) in [4.78, 5) is 31.6. The molecule has 8 nitrogen and oxygen atoms in total. The van der Waals surface area contributed by atoms with Crippen LogP contribution >= 0.6 is 11.6 Å². The summed E-state index contributed by atoms with van der Waals surface area (Å²) in [5.41, 5.74) is 1.97. The zero-order valence-corrected chi connectivity index (χ0v) is 19.8. The molecule has 9 heteroatoms. The number of carbonyl (C=O) groups is 1. The van der Waals surface area contributed by atoms with Gasteiger partial charge < -0.3 is 14.4 Å². The summed E-state index contributed by atoms with van der Waals surface area (Å²) in [6.07, 6.45) is 5.34. The van der Waals surface area contributed by atoms with E-state index in [0.29, 0.717) is 53.0 Å². The number of benzene rings is 2. The van der Waals surface area contributed by atoms with Gasteiger partial charge in [0.2, 0.25) is 5.91 Å². The van der Waals surface area contributed by atoms with E-state index in [4.69, 9.17) is 21.1 Å². The summed E-state index contributed by atoms with van der Waals surface area (Å²) in [5, 5.41) is 0.503. The minimum atomic E-state index is -0.181. The van der Waals surface area contributed by atoms with Crippen LogP contribution in [0.5, 0.6) is 17.2 Å². The molecule has 0 saturated carbocycles. The van der Waals surface area contributed by atoms with Crippen molar-refractivity contribution < 1.29 is 14.3 Å². The first-order valence-corrected chi connectivity index (χ1v) is 11.5. The number of rotatable bonds is 6. The summed E-state index contributed by atoms with van der Waals surface area (Å²) in [7, 11) is 1.56. The minimum Gasteiger partial charge on any atom is -0.497 e. The Morgan fingerprint density at radius 1 is 1.11 bits per heavy atom. The van der Waals surface area contributed by atoms with E-state index in [1.165, 1.54) is 6.08 Å². The van der Waals surface area contributed by atoms with Crippen molar-refractivity contribution in [1.82, 2.24) is 19.0 Å². The molecule has 35 heavy (non-hydrogen) atoms. The van der Waals surface area contributed by atoms with Gasteiger partial charge in [-0.25, -0.2) is 4.79 Å². The van der Waals surface area contributed by atoms with Crippen LogP contribution in [0.3, 0.4) is 0 Å². The van der Waals surface area contributed by atoms with Crippen molar-refractivity contribution in [3.63, 3.8) is 0 Å². The van der Waals surface area contributed by atoms with Crippen molar-refractivity contribution in [2.75, 3.05) is 20.2 Å². The van der Waals surface area contributed by atoms with Gasteiger partial charge in [-0.2, -0.15) is 0 Å². The highest BCUT2D eigenvalue weighted by molar-refractivity contribution is 6.30. The average Bonchev–Trinajstić information content (AvgIpc) is 3.46. The van der Waals surface area contributed by atoms with Gasteiger partial charge in [0.1, 0.15) is 17.2 Å². The van der Waals surface area contributed by atoms with Crippen molar-refractivity contribution in [2.45, 2.75) is 12.5 Å². The fourth-order valence-electron chi connectivity index (χ4n) is 4.47. The molecule has 3 heterocycles. The zero-order valence-electron chi connectivity index (χ0n) is 19.1. The third kappa shape index (κ3) is 4.28. The van der Waals surface area contributed by atoms with Crippen LogP contribution in [-0.4, -0.2) is 45.1 Å². The smallest absolute Gasteiger partial charge is 0.334 e. The highest BCUT2D eigenvalue weighted by Crippen LogP contribution is 2.31. The van der Waals surface area contributed by atoms with Gasteiger partial charge in [-0.05, 0) is 55.0 Å². The fraction of sp³-hybridized carbons (Fsp3) is 0.192. The van der Waals surface area contributed by atoms with Crippen LogP contribution in [0.4, 0.5) is 0 Å². The van der Waals surface area contributed by atoms with Crippen LogP contribution in [0.15, 0.2) is 78.4 Å². The van der Waals surface area contributed by atoms with Crippen LogP contribution in [0.1, 0.15) is 12.5 Å². The van der Waals surface area contributed by atoms with Crippen LogP contribution in [-0.2, 0) is 4.79 Å². The Balaban J connectivity index is 1.48. The summed E-state index contributed by atoms with van der Waals surface area (Å²) >= 11 is 6.13. The second-order valence-electron chi connectivity index (χ2n) is 8.21. The molecular formula is C26H23ClN4O4. The Morgan fingerprint density at radius 3 is 2.63 bits per heavy atom. The summed E-state index contributed by atoms with van der Waals surface area (Å²) < 4.78 is 14.6. The van der Waals surface area contributed by atoms with Gasteiger partial charge in [0.05, 0.1) is 36.1 Å². The Kier molecular flexibility index (Phi) is 6.05. The summed E-state index contributed by atoms with van der Waals surface area (Å²) in [5.74, 6) is 1.59. The first-order valence-electron chi connectivity index (χ1n) is 11.1. The number of aromatic nitrogens is 3. The number of amides is 1. The number of imidazole rings is 1. The molecule has 4 aromatic rings. The molecule has 0 bridgehead atoms. The van der Waals surface area contributed by atoms with Crippen LogP contribution < -0.4 is 15.2 Å². The molecule has 0 aliphatic carbocycles. The molecule has 0 spiro atoms. The zero-order chi connectivity index (χ0) is 24.5. The molecule has 2 aromatic heterocycles. The minimum absolute atomic E-state index is 0.126. The number of carbonyl (C=O) groups excluding carboxylic acids is 1. The lowest BCUT2D eigenvalue weighted by molar-refractivity contribution is -0.125. The van der Waals surface area contributed by atoms with Crippen LogP contribution in [0, 0.1) is 0 Å². The molecule has 1 aliphatic heterocycles. The van der Waals surface area contributed by atoms with Crippen LogP contribution in [0.25, 0.3) is 16.7 Å². The van der Waals surface area contributed by atoms with Crippen molar-refractivity contribution in [2.24, 2.45) is 0 Å². The Labute approximate surface area is 206 Å². The van der Waals surface area contributed by atoms with E-state index in [2.05, 4.69) is 11.6 Å². The molecule has 2 aromatic carbocycles. The van der Waals surface area contributed by atoms with Crippen molar-refractivity contribution in [3.8, 4) is 22.9 Å². The van der Waals surface area contributed by atoms with Gasteiger partial charge in [-0.1, -0.05) is 18.2 Å². The number of likely N-dealkylation sites (tertiary alicyclic amines) is 1. The molecule has 1 saturated heterocycles. The molecular weight excluding hydrogens is 468 g/mol. The lowest BCUT2D eigenvalue weighted by Gasteiger charge is -2.15. The number of ether oxygens (including phenoxy) is 2. The molecule has 1 amide bonds.